The summed E-state index contributed by atoms with van der Waals surface area (Å²) in [4.78, 5) is 53.7. The largest absolute Gasteiger partial charge is 0.508 e. The number of amides is 1. The van der Waals surface area contributed by atoms with Crippen LogP contribution in [0.25, 0.3) is 5.76 Å². The van der Waals surface area contributed by atoms with Crippen LogP contribution in [0.5, 0.6) is 5.75 Å². The Bertz CT molecular complexity index is 1380. The lowest BCUT2D eigenvalue weighted by molar-refractivity contribution is -0.385. The highest BCUT2D eigenvalue weighted by atomic mass is 16.6. The molecule has 216 valence electrons. The molecule has 1 saturated carbocycles. The Morgan fingerprint density at radius 3 is 2.40 bits per heavy atom. The van der Waals surface area contributed by atoms with Gasteiger partial charge in [0, 0.05) is 36.3 Å². The van der Waals surface area contributed by atoms with E-state index in [0.717, 1.165) is 12.8 Å². The minimum Gasteiger partial charge on any atom is -0.508 e. The maximum absolute atomic E-state index is 14.0. The van der Waals surface area contributed by atoms with Gasteiger partial charge in [-0.1, -0.05) is 13.3 Å². The number of fused-ring (bicyclic) bond motifs is 3. The Labute approximate surface area is 230 Å². The fourth-order valence-corrected chi connectivity index (χ4v) is 6.50. The number of ketones is 2. The van der Waals surface area contributed by atoms with Crippen molar-refractivity contribution < 1.29 is 39.7 Å². The van der Waals surface area contributed by atoms with Crippen molar-refractivity contribution >= 4 is 34.6 Å². The molecule has 1 aromatic carbocycles. The number of nitro groups is 1. The maximum atomic E-state index is 14.0. The van der Waals surface area contributed by atoms with Crippen LogP contribution >= 0.6 is 0 Å². The predicted molar refractivity (Wildman–Crippen MR) is 144 cm³/mol. The van der Waals surface area contributed by atoms with E-state index in [2.05, 4.69) is 0 Å². The molecule has 4 rings (SSSR count). The lowest BCUT2D eigenvalue weighted by Crippen LogP contribution is -2.65. The molecule has 0 aromatic heterocycles. The minimum absolute atomic E-state index is 0.0536. The third kappa shape index (κ3) is 4.03. The number of nitrogens with zero attached hydrogens (tertiary/aromatic N) is 3. The van der Waals surface area contributed by atoms with Crippen LogP contribution in [0, 0.1) is 22.0 Å². The zero-order chi connectivity index (χ0) is 29.8. The number of aliphatic hydroxyl groups is 3. The van der Waals surface area contributed by atoms with Crippen molar-refractivity contribution in [1.29, 1.82) is 0 Å². The first-order valence-electron chi connectivity index (χ1n) is 13.2. The van der Waals surface area contributed by atoms with Crippen molar-refractivity contribution in [3.05, 3.63) is 44.2 Å². The molecular formula is C27H34N4O9. The molecule has 4 atom stereocenters. The number of carbonyl (C=O) groups is 3. The molecule has 1 aromatic rings. The number of nitro benzene ring substituents is 1. The number of likely N-dealkylation sites (N-methyl/N-ethyl adjacent to an activating group) is 1. The van der Waals surface area contributed by atoms with Gasteiger partial charge in [-0.3, -0.25) is 29.4 Å². The quantitative estimate of drug-likeness (QED) is 0.175. The zero-order valence-corrected chi connectivity index (χ0v) is 22.8. The van der Waals surface area contributed by atoms with E-state index in [1.54, 1.807) is 0 Å². The number of benzene rings is 1. The number of hydrogen-bond acceptors (Lipinski definition) is 11. The molecule has 13 nitrogen and oxygen atoms in total. The second-order valence-electron chi connectivity index (χ2n) is 10.8. The van der Waals surface area contributed by atoms with Gasteiger partial charge in [-0.15, -0.1) is 0 Å². The highest BCUT2D eigenvalue weighted by Gasteiger charge is 2.64. The van der Waals surface area contributed by atoms with Crippen molar-refractivity contribution in [3.8, 4) is 5.75 Å². The van der Waals surface area contributed by atoms with Crippen molar-refractivity contribution in [3.63, 3.8) is 0 Å². The summed E-state index contributed by atoms with van der Waals surface area (Å²) in [5, 5.41) is 56.9. The highest BCUT2D eigenvalue weighted by molar-refractivity contribution is 6.24. The van der Waals surface area contributed by atoms with Crippen LogP contribution < -0.4 is 10.6 Å². The van der Waals surface area contributed by atoms with E-state index in [4.69, 9.17) is 5.73 Å². The number of anilines is 1. The van der Waals surface area contributed by atoms with Crippen molar-refractivity contribution in [1.82, 2.24) is 4.90 Å². The number of phenolic OH excluding ortho intramolecular Hbond substituents is 1. The SMILES string of the molecule is CCCCN(CC)c1cc([N+](=O)[O-])c(O)c2c1CC1CC3[C@H](N(C)C)C(=O)C(C(N)=O)=C(O)[C@@]3(O)C(=O)C1=C2O. The molecule has 3 aliphatic rings. The Balaban J connectivity index is 2.01. The molecule has 40 heavy (non-hydrogen) atoms. The van der Waals surface area contributed by atoms with Crippen LogP contribution in [0.1, 0.15) is 44.2 Å². The number of primary amides is 1. The fraction of sp³-hybridized carbons (Fsp3) is 0.519. The second-order valence-corrected chi connectivity index (χ2v) is 10.8. The molecule has 6 N–H and O–H groups in total. The summed E-state index contributed by atoms with van der Waals surface area (Å²) < 4.78 is 0. The molecule has 0 bridgehead atoms. The van der Waals surface area contributed by atoms with E-state index in [1.807, 2.05) is 18.7 Å². The van der Waals surface area contributed by atoms with Gasteiger partial charge in [0.1, 0.15) is 17.1 Å². The summed E-state index contributed by atoms with van der Waals surface area (Å²) in [6.45, 7) is 4.90. The Hall–Kier alpha value is -3.97. The normalized spacial score (nSPS) is 26.0. The van der Waals surface area contributed by atoms with Crippen molar-refractivity contribution in [2.75, 3.05) is 32.1 Å². The van der Waals surface area contributed by atoms with E-state index < -0.39 is 74.4 Å². The van der Waals surface area contributed by atoms with Gasteiger partial charge in [-0.25, -0.2) is 0 Å². The molecule has 1 fully saturated rings. The first-order valence-corrected chi connectivity index (χ1v) is 13.2. The molecule has 0 saturated heterocycles. The Morgan fingerprint density at radius 2 is 1.88 bits per heavy atom. The number of hydrogen-bond donors (Lipinski definition) is 5. The number of Topliss-reactive ketones (excluding diaryl/α,β-unsaturated/α-hetero) is 2. The predicted octanol–water partition coefficient (Wildman–Crippen LogP) is 1.50. The smallest absolute Gasteiger partial charge is 0.313 e. The number of nitrogens with two attached hydrogens (primary N) is 1. The van der Waals surface area contributed by atoms with Crippen LogP contribution in [0.3, 0.4) is 0 Å². The average molecular weight is 559 g/mol. The number of aromatic hydroxyl groups is 1. The first-order chi connectivity index (χ1) is 18.7. The highest BCUT2D eigenvalue weighted by Crippen LogP contribution is 2.55. The molecule has 13 heteroatoms. The van der Waals surface area contributed by atoms with Crippen molar-refractivity contribution in [2.24, 2.45) is 17.6 Å². The van der Waals surface area contributed by atoms with Gasteiger partial charge in [-0.2, -0.15) is 0 Å². The van der Waals surface area contributed by atoms with Gasteiger partial charge in [0.15, 0.2) is 11.4 Å². The zero-order valence-electron chi connectivity index (χ0n) is 22.8. The van der Waals surface area contributed by atoms with Gasteiger partial charge >= 0.3 is 5.69 Å². The number of unbranched alkanes of at least 4 members (excludes halogenated alkanes) is 1. The fourth-order valence-electron chi connectivity index (χ4n) is 6.50. The molecule has 2 unspecified atom stereocenters. The second kappa shape index (κ2) is 10.2. The van der Waals surface area contributed by atoms with E-state index in [0.29, 0.717) is 24.3 Å². The van der Waals surface area contributed by atoms with E-state index in [-0.39, 0.29) is 24.0 Å². The standard InChI is InChI=1S/C27H34N4O9/c1-5-7-8-30(6-2)15-11-16(31(39)40)21(32)18-13(15)9-12-10-14-20(29(3)4)23(34)19(26(28)37)25(36)27(14,38)24(35)17(12)22(18)33/h11-12,14,20,32-33,36,38H,5-10H2,1-4H3,(H2,28,37)/t12?,14?,20-,27-/m0/s1. The third-order valence-electron chi connectivity index (χ3n) is 8.38. The van der Waals surface area contributed by atoms with Gasteiger partial charge in [0.2, 0.25) is 11.5 Å². The van der Waals surface area contributed by atoms with Crippen LogP contribution in [-0.4, -0.2) is 86.6 Å². The summed E-state index contributed by atoms with van der Waals surface area (Å²) in [6, 6.07) is 0.0615. The number of carbonyl (C=O) groups excluding carboxylic acids is 3. The molecule has 0 radical (unpaired) electrons. The summed E-state index contributed by atoms with van der Waals surface area (Å²) in [5.74, 6) is -8.09. The van der Waals surface area contributed by atoms with E-state index in [1.165, 1.54) is 25.1 Å². The van der Waals surface area contributed by atoms with Crippen LogP contribution in [0.2, 0.25) is 0 Å². The Kier molecular flexibility index (Phi) is 7.41. The number of rotatable bonds is 8. The van der Waals surface area contributed by atoms with Gasteiger partial charge in [0.05, 0.1) is 16.5 Å². The van der Waals surface area contributed by atoms with E-state index >= 15 is 0 Å². The lowest BCUT2D eigenvalue weighted by Gasteiger charge is -2.50. The summed E-state index contributed by atoms with van der Waals surface area (Å²) in [7, 11) is 3.05. The molecular weight excluding hydrogens is 524 g/mol. The molecule has 1 amide bonds. The molecule has 3 aliphatic carbocycles. The van der Waals surface area contributed by atoms with Crippen LogP contribution in [0.4, 0.5) is 11.4 Å². The van der Waals surface area contributed by atoms with Crippen LogP contribution in [-0.2, 0) is 20.8 Å². The van der Waals surface area contributed by atoms with Crippen molar-refractivity contribution in [2.45, 2.75) is 51.2 Å². The van der Waals surface area contributed by atoms with Gasteiger partial charge in [0.25, 0.3) is 5.91 Å². The number of aliphatic hydroxyl groups excluding tert-OH is 2. The lowest BCUT2D eigenvalue weighted by atomic mass is 9.57. The maximum Gasteiger partial charge on any atom is 0.313 e. The first kappa shape index (κ1) is 29.0. The topological polar surface area (TPSA) is 208 Å². The van der Waals surface area contributed by atoms with Crippen LogP contribution in [0.15, 0.2) is 23.0 Å². The molecule has 0 heterocycles. The minimum atomic E-state index is -2.78. The molecule has 0 spiro atoms. The average Bonchev–Trinajstić information content (AvgIpc) is 2.86. The Morgan fingerprint density at radius 1 is 1.23 bits per heavy atom. The third-order valence-corrected chi connectivity index (χ3v) is 8.38. The summed E-state index contributed by atoms with van der Waals surface area (Å²) in [6.07, 6.45) is 1.62. The van der Waals surface area contributed by atoms with Gasteiger partial charge in [-0.05, 0) is 51.8 Å². The monoisotopic (exact) mass is 558 g/mol. The molecule has 0 aliphatic heterocycles. The van der Waals surface area contributed by atoms with Gasteiger partial charge < -0.3 is 31.1 Å². The number of phenols is 1. The summed E-state index contributed by atoms with van der Waals surface area (Å²) in [5.41, 5.74) is 1.16. The van der Waals surface area contributed by atoms with E-state index in [9.17, 15) is 44.9 Å². The summed E-state index contributed by atoms with van der Waals surface area (Å²) >= 11 is 0.